The summed E-state index contributed by atoms with van der Waals surface area (Å²) in [5.41, 5.74) is 4.14. The standard InChI is InChI=1S/C25H29N3O3/c1-27(2)23(29)21-11-7-13-28(21)25(18-10-4-5-12-22(18)31-3)19-14-16-8-6-9-17(16)15-20(19)26-24(25)30/h4-5,10,12,14-15,21H,6-9,11,13H2,1-3H3,(H,26,30)/t21-,25?/m0/s1. The Labute approximate surface area is 183 Å². The molecule has 0 spiro atoms. The third kappa shape index (κ3) is 2.81. The number of carbonyl (C=O) groups is 2. The number of ether oxygens (including phenoxy) is 1. The molecule has 1 saturated heterocycles. The summed E-state index contributed by atoms with van der Waals surface area (Å²) in [6.45, 7) is 0.673. The number of aryl methyl sites for hydroxylation is 2. The van der Waals surface area contributed by atoms with Crippen molar-refractivity contribution in [2.24, 2.45) is 0 Å². The Hall–Kier alpha value is -2.86. The first-order chi connectivity index (χ1) is 15.0. The monoisotopic (exact) mass is 419 g/mol. The van der Waals surface area contributed by atoms with Gasteiger partial charge in [-0.3, -0.25) is 14.5 Å². The molecule has 1 aliphatic carbocycles. The zero-order valence-electron chi connectivity index (χ0n) is 18.4. The molecule has 6 nitrogen and oxygen atoms in total. The van der Waals surface area contributed by atoms with Gasteiger partial charge in [0.1, 0.15) is 5.75 Å². The second-order valence-electron chi connectivity index (χ2n) is 8.97. The summed E-state index contributed by atoms with van der Waals surface area (Å²) in [5.74, 6) is 0.595. The Morgan fingerprint density at radius 3 is 2.61 bits per heavy atom. The molecule has 0 saturated carbocycles. The Morgan fingerprint density at radius 2 is 1.87 bits per heavy atom. The summed E-state index contributed by atoms with van der Waals surface area (Å²) >= 11 is 0. The average Bonchev–Trinajstić information content (AvgIpc) is 3.48. The Balaban J connectivity index is 1.78. The second-order valence-corrected chi connectivity index (χ2v) is 8.97. The predicted octanol–water partition coefficient (Wildman–Crippen LogP) is 2.93. The van der Waals surface area contributed by atoms with Crippen LogP contribution in [0.1, 0.15) is 41.5 Å². The van der Waals surface area contributed by atoms with E-state index in [1.807, 2.05) is 24.3 Å². The predicted molar refractivity (Wildman–Crippen MR) is 119 cm³/mol. The van der Waals surface area contributed by atoms with Crippen LogP contribution in [0.3, 0.4) is 0 Å². The Kier molecular flexibility index (Phi) is 4.77. The molecule has 0 aromatic heterocycles. The fourth-order valence-corrected chi connectivity index (χ4v) is 5.74. The van der Waals surface area contributed by atoms with Crippen LogP contribution in [-0.2, 0) is 28.0 Å². The number of benzene rings is 2. The van der Waals surface area contributed by atoms with Gasteiger partial charge in [0.15, 0.2) is 5.54 Å². The first kappa shape index (κ1) is 20.1. The minimum absolute atomic E-state index is 0.0363. The molecule has 5 rings (SSSR count). The van der Waals surface area contributed by atoms with Gasteiger partial charge in [-0.05, 0) is 55.4 Å². The molecule has 1 fully saturated rings. The SMILES string of the molecule is COc1ccccc1C1(N2CCC[C@H]2C(=O)N(C)C)C(=O)Nc2cc3c(cc21)CCC3. The number of amides is 2. The highest BCUT2D eigenvalue weighted by Gasteiger charge is 2.58. The molecule has 2 amide bonds. The molecule has 31 heavy (non-hydrogen) atoms. The van der Waals surface area contributed by atoms with Crippen LogP contribution in [0.25, 0.3) is 0 Å². The van der Waals surface area contributed by atoms with Crippen LogP contribution < -0.4 is 10.1 Å². The van der Waals surface area contributed by atoms with Gasteiger partial charge in [-0.15, -0.1) is 0 Å². The van der Waals surface area contributed by atoms with Gasteiger partial charge < -0.3 is 15.0 Å². The molecule has 1 N–H and O–H groups in total. The summed E-state index contributed by atoms with van der Waals surface area (Å²) in [4.78, 5) is 30.9. The molecule has 2 aromatic carbocycles. The van der Waals surface area contributed by atoms with E-state index in [2.05, 4.69) is 22.3 Å². The topological polar surface area (TPSA) is 61.9 Å². The van der Waals surface area contributed by atoms with Crippen molar-refractivity contribution < 1.29 is 14.3 Å². The Morgan fingerprint density at radius 1 is 1.13 bits per heavy atom. The zero-order chi connectivity index (χ0) is 21.8. The molecule has 1 unspecified atom stereocenters. The van der Waals surface area contributed by atoms with Crippen molar-refractivity contribution in [3.05, 3.63) is 58.7 Å². The summed E-state index contributed by atoms with van der Waals surface area (Å²) in [6.07, 6.45) is 4.82. The van der Waals surface area contributed by atoms with Crippen molar-refractivity contribution >= 4 is 17.5 Å². The van der Waals surface area contributed by atoms with Gasteiger partial charge in [0.2, 0.25) is 5.91 Å². The zero-order valence-corrected chi connectivity index (χ0v) is 18.4. The number of hydrogen-bond donors (Lipinski definition) is 1. The minimum atomic E-state index is -1.09. The van der Waals surface area contributed by atoms with E-state index < -0.39 is 5.54 Å². The fraction of sp³-hybridized carbons (Fsp3) is 0.440. The van der Waals surface area contributed by atoms with Crippen molar-refractivity contribution in [3.8, 4) is 5.75 Å². The smallest absolute Gasteiger partial charge is 0.254 e. The lowest BCUT2D eigenvalue weighted by Gasteiger charge is -2.41. The number of nitrogens with zero attached hydrogens (tertiary/aromatic N) is 2. The molecular weight excluding hydrogens is 390 g/mol. The van der Waals surface area contributed by atoms with Gasteiger partial charge in [-0.1, -0.05) is 24.3 Å². The molecule has 3 aliphatic rings. The van der Waals surface area contributed by atoms with Gasteiger partial charge >= 0.3 is 0 Å². The minimum Gasteiger partial charge on any atom is -0.496 e. The van der Waals surface area contributed by atoms with E-state index in [1.165, 1.54) is 11.1 Å². The number of nitrogens with one attached hydrogen (secondary N) is 1. The van der Waals surface area contributed by atoms with E-state index in [0.29, 0.717) is 12.3 Å². The van der Waals surface area contributed by atoms with Gasteiger partial charge in [-0.25, -0.2) is 0 Å². The van der Waals surface area contributed by atoms with Crippen LogP contribution in [0.15, 0.2) is 36.4 Å². The van der Waals surface area contributed by atoms with Crippen molar-refractivity contribution in [1.29, 1.82) is 0 Å². The number of hydrogen-bond acceptors (Lipinski definition) is 4. The van der Waals surface area contributed by atoms with E-state index in [4.69, 9.17) is 4.74 Å². The molecule has 6 heteroatoms. The maximum atomic E-state index is 13.9. The molecule has 2 atom stereocenters. The normalized spacial score (nSPS) is 24.6. The number of rotatable bonds is 4. The van der Waals surface area contributed by atoms with E-state index in [0.717, 1.165) is 48.9 Å². The third-order valence-corrected chi connectivity index (χ3v) is 7.10. The highest BCUT2D eigenvalue weighted by molar-refractivity contribution is 6.09. The Bertz CT molecular complexity index is 1060. The molecule has 162 valence electrons. The van der Waals surface area contributed by atoms with Crippen LogP contribution >= 0.6 is 0 Å². The van der Waals surface area contributed by atoms with Crippen molar-refractivity contribution in [2.75, 3.05) is 33.1 Å². The van der Waals surface area contributed by atoms with E-state index in [-0.39, 0.29) is 17.9 Å². The van der Waals surface area contributed by atoms with Crippen LogP contribution in [0.2, 0.25) is 0 Å². The highest BCUT2D eigenvalue weighted by Crippen LogP contribution is 2.52. The number of para-hydroxylation sites is 1. The third-order valence-electron chi connectivity index (χ3n) is 7.10. The maximum absolute atomic E-state index is 13.9. The number of carbonyl (C=O) groups excluding carboxylic acids is 2. The van der Waals surface area contributed by atoms with Crippen LogP contribution in [-0.4, -0.2) is 55.4 Å². The lowest BCUT2D eigenvalue weighted by molar-refractivity contribution is -0.138. The largest absolute Gasteiger partial charge is 0.496 e. The van der Waals surface area contributed by atoms with Gasteiger partial charge in [0, 0.05) is 37.5 Å². The number of likely N-dealkylation sites (N-methyl/N-ethyl adjacent to an activating group) is 1. The lowest BCUT2D eigenvalue weighted by Crippen LogP contribution is -2.57. The van der Waals surface area contributed by atoms with Crippen molar-refractivity contribution in [2.45, 2.75) is 43.7 Å². The first-order valence-electron chi connectivity index (χ1n) is 11.1. The van der Waals surface area contributed by atoms with Crippen LogP contribution in [0.5, 0.6) is 5.75 Å². The average molecular weight is 420 g/mol. The lowest BCUT2D eigenvalue weighted by atomic mass is 9.80. The number of methoxy groups -OCH3 is 1. The number of anilines is 1. The van der Waals surface area contributed by atoms with Gasteiger partial charge in [0.05, 0.1) is 13.2 Å². The quantitative estimate of drug-likeness (QED) is 0.828. The summed E-state index contributed by atoms with van der Waals surface area (Å²) in [6, 6.07) is 11.7. The van der Waals surface area contributed by atoms with Crippen LogP contribution in [0, 0.1) is 0 Å². The maximum Gasteiger partial charge on any atom is 0.254 e. The van der Waals surface area contributed by atoms with Crippen molar-refractivity contribution in [3.63, 3.8) is 0 Å². The number of likely N-dealkylation sites (tertiary alicyclic amines) is 1. The molecular formula is C25H29N3O3. The summed E-state index contributed by atoms with van der Waals surface area (Å²) in [7, 11) is 5.20. The van der Waals surface area contributed by atoms with Gasteiger partial charge in [-0.2, -0.15) is 0 Å². The molecule has 2 aromatic rings. The fourth-order valence-electron chi connectivity index (χ4n) is 5.74. The first-order valence-corrected chi connectivity index (χ1v) is 11.1. The molecule has 0 bridgehead atoms. The number of fused-ring (bicyclic) bond motifs is 2. The molecule has 2 aliphatic heterocycles. The summed E-state index contributed by atoms with van der Waals surface area (Å²) < 4.78 is 5.74. The van der Waals surface area contributed by atoms with Crippen LogP contribution in [0.4, 0.5) is 5.69 Å². The van der Waals surface area contributed by atoms with Gasteiger partial charge in [0.25, 0.3) is 5.91 Å². The van der Waals surface area contributed by atoms with E-state index in [9.17, 15) is 9.59 Å². The molecule has 2 heterocycles. The second kappa shape index (κ2) is 7.38. The highest BCUT2D eigenvalue weighted by atomic mass is 16.5. The molecule has 0 radical (unpaired) electrons. The van der Waals surface area contributed by atoms with E-state index in [1.54, 1.807) is 26.1 Å². The van der Waals surface area contributed by atoms with E-state index >= 15 is 0 Å². The van der Waals surface area contributed by atoms with Crippen molar-refractivity contribution in [1.82, 2.24) is 9.80 Å². The summed E-state index contributed by atoms with van der Waals surface area (Å²) in [5, 5.41) is 3.17.